The van der Waals surface area contributed by atoms with E-state index in [9.17, 15) is 20.2 Å². The molecule has 1 heterocycles. The van der Waals surface area contributed by atoms with E-state index >= 15 is 0 Å². The Bertz CT molecular complexity index is 1060. The molecule has 0 saturated heterocycles. The van der Waals surface area contributed by atoms with Crippen molar-refractivity contribution in [1.29, 1.82) is 0 Å². The Kier molecular flexibility index (Phi) is 4.94. The fourth-order valence-electron chi connectivity index (χ4n) is 2.67. The molecule has 10 nitrogen and oxygen atoms in total. The second kappa shape index (κ2) is 7.35. The number of nitro benzene ring substituents is 1. The molecule has 28 heavy (non-hydrogen) atoms. The van der Waals surface area contributed by atoms with E-state index in [2.05, 4.69) is 4.98 Å². The number of hydrogen-bond acceptors (Lipinski definition) is 7. The summed E-state index contributed by atoms with van der Waals surface area (Å²) < 4.78 is 12.0. The van der Waals surface area contributed by atoms with E-state index < -0.39 is 9.85 Å². The molecule has 3 aromatic rings. The number of benzene rings is 2. The summed E-state index contributed by atoms with van der Waals surface area (Å²) in [4.78, 5) is 25.9. The fraction of sp³-hybridized carbons (Fsp3) is 0.167. The van der Waals surface area contributed by atoms with Crippen molar-refractivity contribution in [3.8, 4) is 28.5 Å². The van der Waals surface area contributed by atoms with Crippen molar-refractivity contribution >= 4 is 11.5 Å². The number of ether oxygens (including phenoxy) is 2. The molecular weight excluding hydrogens is 368 g/mol. The Morgan fingerprint density at radius 1 is 1.00 bits per heavy atom. The maximum absolute atomic E-state index is 11.5. The Balaban J connectivity index is 2.03. The maximum Gasteiger partial charge on any atom is 0.350 e. The van der Waals surface area contributed by atoms with Crippen molar-refractivity contribution in [2.75, 3.05) is 7.11 Å². The quantitative estimate of drug-likeness (QED) is 0.464. The van der Waals surface area contributed by atoms with E-state index in [1.165, 1.54) is 36.9 Å². The summed E-state index contributed by atoms with van der Waals surface area (Å²) in [6.45, 7) is 1.62. The van der Waals surface area contributed by atoms with Gasteiger partial charge in [-0.15, -0.1) is 0 Å². The van der Waals surface area contributed by atoms with E-state index in [1.54, 1.807) is 31.2 Å². The lowest BCUT2D eigenvalue weighted by molar-refractivity contribution is -0.391. The third-order valence-corrected chi connectivity index (χ3v) is 4.18. The van der Waals surface area contributed by atoms with E-state index in [1.807, 2.05) is 0 Å². The van der Waals surface area contributed by atoms with Gasteiger partial charge in [-0.3, -0.25) is 10.1 Å². The first-order valence-corrected chi connectivity index (χ1v) is 8.10. The van der Waals surface area contributed by atoms with E-state index in [4.69, 9.17) is 9.47 Å². The van der Waals surface area contributed by atoms with Gasteiger partial charge in [-0.1, -0.05) is 0 Å². The highest BCUT2D eigenvalue weighted by atomic mass is 16.6. The highest BCUT2D eigenvalue weighted by molar-refractivity contribution is 5.72. The van der Waals surface area contributed by atoms with Gasteiger partial charge in [-0.2, -0.15) is 0 Å². The van der Waals surface area contributed by atoms with Crippen molar-refractivity contribution < 1.29 is 19.3 Å². The first-order valence-electron chi connectivity index (χ1n) is 8.10. The molecule has 144 valence electrons. The molecule has 0 aliphatic carbocycles. The van der Waals surface area contributed by atoms with Crippen LogP contribution in [-0.4, -0.2) is 26.5 Å². The van der Waals surface area contributed by atoms with Gasteiger partial charge in [0.25, 0.3) is 0 Å². The second-order valence-electron chi connectivity index (χ2n) is 5.86. The molecule has 0 unspecified atom stereocenters. The van der Waals surface area contributed by atoms with Crippen LogP contribution in [-0.2, 0) is 7.05 Å². The van der Waals surface area contributed by atoms with Crippen LogP contribution in [0.1, 0.15) is 5.82 Å². The molecule has 0 bridgehead atoms. The van der Waals surface area contributed by atoms with Gasteiger partial charge in [0, 0.05) is 18.6 Å². The Hall–Kier alpha value is -3.95. The minimum Gasteiger partial charge on any atom is -0.497 e. The van der Waals surface area contributed by atoms with Gasteiger partial charge in [-0.05, 0) is 41.3 Å². The number of nitro groups is 2. The molecule has 0 aliphatic heterocycles. The molecule has 0 N–H and O–H groups in total. The molecular formula is C18H16N4O6. The summed E-state index contributed by atoms with van der Waals surface area (Å²) in [6, 6.07) is 10.7. The van der Waals surface area contributed by atoms with Crippen molar-refractivity contribution in [1.82, 2.24) is 9.55 Å². The molecule has 1 aromatic heterocycles. The SMILES string of the molecule is COc1ccc(Oc2ccc(-c3nc(C)n(C)c3[N+](=O)[O-])cc2[N+](=O)[O-])cc1. The first-order chi connectivity index (χ1) is 13.3. The lowest BCUT2D eigenvalue weighted by Gasteiger charge is -2.08. The summed E-state index contributed by atoms with van der Waals surface area (Å²) in [5, 5.41) is 22.9. The van der Waals surface area contributed by atoms with Crippen LogP contribution in [0.5, 0.6) is 17.2 Å². The number of imidazole rings is 1. The van der Waals surface area contributed by atoms with Crippen LogP contribution in [0.15, 0.2) is 42.5 Å². The minimum atomic E-state index is -0.607. The predicted octanol–water partition coefficient (Wildman–Crippen LogP) is 4.01. The normalized spacial score (nSPS) is 10.5. The third-order valence-electron chi connectivity index (χ3n) is 4.18. The minimum absolute atomic E-state index is 0.00854. The lowest BCUT2D eigenvalue weighted by Crippen LogP contribution is -2.00. The Morgan fingerprint density at radius 3 is 2.21 bits per heavy atom. The molecule has 0 aliphatic rings. The van der Waals surface area contributed by atoms with Crippen LogP contribution >= 0.6 is 0 Å². The second-order valence-corrected chi connectivity index (χ2v) is 5.86. The number of methoxy groups -OCH3 is 1. The summed E-state index contributed by atoms with van der Waals surface area (Å²) in [5.41, 5.74) is -0.0146. The summed E-state index contributed by atoms with van der Waals surface area (Å²) in [7, 11) is 3.04. The van der Waals surface area contributed by atoms with Gasteiger partial charge < -0.3 is 19.6 Å². The van der Waals surface area contributed by atoms with Crippen LogP contribution in [0.3, 0.4) is 0 Å². The van der Waals surface area contributed by atoms with Crippen LogP contribution in [0, 0.1) is 27.2 Å². The smallest absolute Gasteiger partial charge is 0.350 e. The van der Waals surface area contributed by atoms with Crippen molar-refractivity contribution in [2.45, 2.75) is 6.92 Å². The first kappa shape index (κ1) is 18.8. The molecule has 2 aromatic carbocycles. The molecule has 0 fully saturated rings. The van der Waals surface area contributed by atoms with Crippen molar-refractivity contribution in [3.63, 3.8) is 0 Å². The van der Waals surface area contributed by atoms with E-state index in [0.29, 0.717) is 17.3 Å². The van der Waals surface area contributed by atoms with Crippen molar-refractivity contribution in [2.24, 2.45) is 7.05 Å². The molecule has 0 spiro atoms. The number of aryl methyl sites for hydroxylation is 1. The van der Waals surface area contributed by atoms with E-state index in [0.717, 1.165) is 0 Å². The lowest BCUT2D eigenvalue weighted by atomic mass is 10.1. The zero-order chi connectivity index (χ0) is 20.4. The Labute approximate surface area is 159 Å². The zero-order valence-corrected chi connectivity index (χ0v) is 15.3. The topological polar surface area (TPSA) is 123 Å². The fourth-order valence-corrected chi connectivity index (χ4v) is 2.67. The monoisotopic (exact) mass is 384 g/mol. The largest absolute Gasteiger partial charge is 0.497 e. The maximum atomic E-state index is 11.5. The number of nitrogens with zero attached hydrogens (tertiary/aromatic N) is 4. The Morgan fingerprint density at radius 2 is 1.64 bits per heavy atom. The highest BCUT2D eigenvalue weighted by Gasteiger charge is 2.26. The predicted molar refractivity (Wildman–Crippen MR) is 99.8 cm³/mol. The van der Waals surface area contributed by atoms with Crippen LogP contribution in [0.25, 0.3) is 11.3 Å². The summed E-state index contributed by atoms with van der Waals surface area (Å²) in [6.07, 6.45) is 0. The molecule has 0 amide bonds. The molecule has 0 atom stereocenters. The number of rotatable bonds is 6. The summed E-state index contributed by atoms with van der Waals surface area (Å²) in [5.74, 6) is 1.19. The average molecular weight is 384 g/mol. The van der Waals surface area contributed by atoms with Gasteiger partial charge in [0.15, 0.2) is 11.5 Å². The summed E-state index contributed by atoms with van der Waals surface area (Å²) >= 11 is 0. The van der Waals surface area contributed by atoms with Gasteiger partial charge in [0.2, 0.25) is 5.75 Å². The number of aromatic nitrogens is 2. The molecule has 0 saturated carbocycles. The molecule has 3 rings (SSSR count). The number of hydrogen-bond donors (Lipinski definition) is 0. The van der Waals surface area contributed by atoms with Crippen LogP contribution in [0.2, 0.25) is 0 Å². The van der Waals surface area contributed by atoms with Gasteiger partial charge >= 0.3 is 11.5 Å². The highest BCUT2D eigenvalue weighted by Crippen LogP contribution is 2.38. The van der Waals surface area contributed by atoms with Crippen molar-refractivity contribution in [3.05, 3.63) is 68.5 Å². The zero-order valence-electron chi connectivity index (χ0n) is 15.3. The standard InChI is InChI=1S/C18H16N4O6/c1-11-19-17(18(20(11)2)22(25)26)12-4-9-16(15(10-12)21(23)24)28-14-7-5-13(27-3)6-8-14/h4-10H,1-3H3. The van der Waals surface area contributed by atoms with Gasteiger partial charge in [0.05, 0.1) is 19.1 Å². The third kappa shape index (κ3) is 3.47. The van der Waals surface area contributed by atoms with Gasteiger partial charge in [0.1, 0.15) is 11.5 Å². The van der Waals surface area contributed by atoms with Gasteiger partial charge in [-0.25, -0.2) is 9.55 Å². The molecule has 10 heteroatoms. The van der Waals surface area contributed by atoms with Crippen LogP contribution in [0.4, 0.5) is 11.5 Å². The molecule has 0 radical (unpaired) electrons. The van der Waals surface area contributed by atoms with E-state index in [-0.39, 0.29) is 28.5 Å². The average Bonchev–Trinajstić information content (AvgIpc) is 2.97. The van der Waals surface area contributed by atoms with Crippen LogP contribution < -0.4 is 9.47 Å².